The Morgan fingerprint density at radius 3 is 1.40 bits per heavy atom. The maximum absolute atomic E-state index is 2.43. The SMILES string of the molecule is Cc1cc2cc(-c3ccccc3)c3ccccc3c2c2cc(-c3ccccc3)c3ccccc3c12. The zero-order valence-corrected chi connectivity index (χ0v) is 19.6. The van der Waals surface area contributed by atoms with Crippen molar-refractivity contribution in [2.24, 2.45) is 0 Å². The Bertz CT molecular complexity index is 1880. The third-order valence-electron chi connectivity index (χ3n) is 7.32. The molecule has 0 aliphatic heterocycles. The molecule has 0 bridgehead atoms. The van der Waals surface area contributed by atoms with Gasteiger partial charge in [-0.3, -0.25) is 0 Å². The van der Waals surface area contributed by atoms with E-state index in [2.05, 4.69) is 134 Å². The van der Waals surface area contributed by atoms with Gasteiger partial charge in [-0.15, -0.1) is 0 Å². The maximum atomic E-state index is 2.43. The van der Waals surface area contributed by atoms with Crippen LogP contribution in [0, 0.1) is 6.92 Å². The molecule has 0 N–H and O–H groups in total. The highest BCUT2D eigenvalue weighted by Gasteiger charge is 2.16. The normalized spacial score (nSPS) is 11.6. The fraction of sp³-hybridized carbons (Fsp3) is 0.0286. The van der Waals surface area contributed by atoms with Gasteiger partial charge in [-0.1, -0.05) is 115 Å². The molecule has 0 heteroatoms. The van der Waals surface area contributed by atoms with Crippen molar-refractivity contribution in [3.8, 4) is 22.3 Å². The van der Waals surface area contributed by atoms with Gasteiger partial charge >= 0.3 is 0 Å². The van der Waals surface area contributed by atoms with Crippen LogP contribution >= 0.6 is 0 Å². The largest absolute Gasteiger partial charge is 0.0622 e. The van der Waals surface area contributed by atoms with Crippen molar-refractivity contribution >= 4 is 43.1 Å². The number of rotatable bonds is 2. The number of hydrogen-bond acceptors (Lipinski definition) is 0. The van der Waals surface area contributed by atoms with Gasteiger partial charge in [0.25, 0.3) is 0 Å². The fourth-order valence-electron chi connectivity index (χ4n) is 5.83. The van der Waals surface area contributed by atoms with Crippen molar-refractivity contribution in [1.29, 1.82) is 0 Å². The summed E-state index contributed by atoms with van der Waals surface area (Å²) in [6, 6.07) is 46.5. The van der Waals surface area contributed by atoms with Crippen LogP contribution in [0.3, 0.4) is 0 Å². The van der Waals surface area contributed by atoms with Crippen LogP contribution in [-0.2, 0) is 0 Å². The summed E-state index contributed by atoms with van der Waals surface area (Å²) < 4.78 is 0. The lowest BCUT2D eigenvalue weighted by Gasteiger charge is -2.18. The van der Waals surface area contributed by atoms with Crippen LogP contribution in [0.15, 0.2) is 127 Å². The molecule has 0 fully saturated rings. The van der Waals surface area contributed by atoms with Gasteiger partial charge in [0, 0.05) is 0 Å². The third-order valence-corrected chi connectivity index (χ3v) is 7.32. The van der Waals surface area contributed by atoms with Crippen LogP contribution in [0.4, 0.5) is 0 Å². The second-order valence-electron chi connectivity index (χ2n) is 9.39. The van der Waals surface area contributed by atoms with Gasteiger partial charge in [0.05, 0.1) is 0 Å². The first-order chi connectivity index (χ1) is 17.3. The molecule has 164 valence electrons. The first kappa shape index (κ1) is 20.0. The summed E-state index contributed by atoms with van der Waals surface area (Å²) in [5.74, 6) is 0. The van der Waals surface area contributed by atoms with Crippen molar-refractivity contribution in [2.75, 3.05) is 0 Å². The minimum atomic E-state index is 1.26. The van der Waals surface area contributed by atoms with Crippen molar-refractivity contribution in [1.82, 2.24) is 0 Å². The predicted molar refractivity (Wildman–Crippen MR) is 152 cm³/mol. The van der Waals surface area contributed by atoms with Crippen molar-refractivity contribution in [3.05, 3.63) is 133 Å². The topological polar surface area (TPSA) is 0 Å². The molecule has 35 heavy (non-hydrogen) atoms. The lowest BCUT2D eigenvalue weighted by Crippen LogP contribution is -1.91. The number of fused-ring (bicyclic) bond motifs is 7. The second-order valence-corrected chi connectivity index (χ2v) is 9.39. The fourth-order valence-corrected chi connectivity index (χ4v) is 5.83. The molecular weight excluding hydrogens is 420 g/mol. The van der Waals surface area contributed by atoms with Gasteiger partial charge in [-0.2, -0.15) is 0 Å². The molecule has 0 aliphatic carbocycles. The monoisotopic (exact) mass is 444 g/mol. The predicted octanol–water partition coefficient (Wildman–Crippen LogP) is 9.94. The summed E-state index contributed by atoms with van der Waals surface area (Å²) in [5.41, 5.74) is 6.41. The molecule has 0 saturated heterocycles. The summed E-state index contributed by atoms with van der Waals surface area (Å²) in [4.78, 5) is 0. The molecule has 0 aromatic heterocycles. The zero-order valence-electron chi connectivity index (χ0n) is 19.6. The Morgan fingerprint density at radius 1 is 0.371 bits per heavy atom. The van der Waals surface area contributed by atoms with Gasteiger partial charge < -0.3 is 0 Å². The van der Waals surface area contributed by atoms with E-state index in [4.69, 9.17) is 0 Å². The Kier molecular flexibility index (Phi) is 4.47. The molecule has 7 rings (SSSR count). The summed E-state index contributed by atoms with van der Waals surface area (Å²) in [6.07, 6.45) is 0. The minimum Gasteiger partial charge on any atom is -0.0622 e. The van der Waals surface area contributed by atoms with E-state index < -0.39 is 0 Å². The summed E-state index contributed by atoms with van der Waals surface area (Å²) in [5, 5.41) is 10.5. The van der Waals surface area contributed by atoms with Crippen molar-refractivity contribution in [3.63, 3.8) is 0 Å². The van der Waals surface area contributed by atoms with Crippen molar-refractivity contribution in [2.45, 2.75) is 6.92 Å². The van der Waals surface area contributed by atoms with E-state index in [1.54, 1.807) is 0 Å². The maximum Gasteiger partial charge on any atom is -0.00257 e. The van der Waals surface area contributed by atoms with Gasteiger partial charge in [-0.05, 0) is 90.0 Å². The molecule has 0 unspecified atom stereocenters. The lowest BCUT2D eigenvalue weighted by atomic mass is 9.85. The van der Waals surface area contributed by atoms with Crippen LogP contribution in [0.1, 0.15) is 5.56 Å². The zero-order chi connectivity index (χ0) is 23.4. The molecule has 0 aliphatic rings. The average molecular weight is 445 g/mol. The molecule has 0 nitrogen and oxygen atoms in total. The van der Waals surface area contributed by atoms with E-state index in [0.29, 0.717) is 0 Å². The molecule has 7 aromatic carbocycles. The third kappa shape index (κ3) is 3.07. The molecule has 0 spiro atoms. The number of benzene rings is 7. The number of aryl methyl sites for hydroxylation is 1. The van der Waals surface area contributed by atoms with Gasteiger partial charge in [0.2, 0.25) is 0 Å². The highest BCUT2D eigenvalue weighted by Crippen LogP contribution is 2.43. The molecule has 0 atom stereocenters. The molecule has 0 amide bonds. The number of hydrogen-bond donors (Lipinski definition) is 0. The molecule has 0 heterocycles. The highest BCUT2D eigenvalue weighted by atomic mass is 14.2. The van der Waals surface area contributed by atoms with Crippen LogP contribution in [-0.4, -0.2) is 0 Å². The van der Waals surface area contributed by atoms with E-state index in [1.807, 2.05) is 0 Å². The molecular formula is C35H24. The van der Waals surface area contributed by atoms with E-state index in [-0.39, 0.29) is 0 Å². The smallest absolute Gasteiger partial charge is 0.00257 e. The van der Waals surface area contributed by atoms with Gasteiger partial charge in [-0.25, -0.2) is 0 Å². The Labute approximate surface area is 205 Å². The standard InChI is InChI=1S/C35H24/c1-23-20-26-21-31(24-12-4-2-5-13-24)28-17-9-11-19-30(28)35(26)33-22-32(25-14-6-3-7-15-25)27-16-8-10-18-29(27)34(23)33/h2-22H,1H3. The summed E-state index contributed by atoms with van der Waals surface area (Å²) in [7, 11) is 0. The van der Waals surface area contributed by atoms with Gasteiger partial charge in [0.15, 0.2) is 0 Å². The molecule has 0 saturated carbocycles. The van der Waals surface area contributed by atoms with E-state index >= 15 is 0 Å². The van der Waals surface area contributed by atoms with Crippen molar-refractivity contribution < 1.29 is 0 Å². The molecule has 7 aromatic rings. The highest BCUT2D eigenvalue weighted by molar-refractivity contribution is 6.29. The molecule has 0 radical (unpaired) electrons. The Morgan fingerprint density at radius 2 is 0.829 bits per heavy atom. The van der Waals surface area contributed by atoms with E-state index in [1.165, 1.54) is 70.9 Å². The first-order valence-electron chi connectivity index (χ1n) is 12.2. The summed E-state index contributed by atoms with van der Waals surface area (Å²) in [6.45, 7) is 2.26. The van der Waals surface area contributed by atoms with E-state index in [0.717, 1.165) is 0 Å². The lowest BCUT2D eigenvalue weighted by molar-refractivity contribution is 1.57. The Hall–Kier alpha value is -4.42. The second kappa shape index (κ2) is 7.82. The van der Waals surface area contributed by atoms with Crippen LogP contribution < -0.4 is 0 Å². The quantitative estimate of drug-likeness (QED) is 0.233. The van der Waals surface area contributed by atoms with Crippen LogP contribution in [0.2, 0.25) is 0 Å². The summed E-state index contributed by atoms with van der Waals surface area (Å²) >= 11 is 0. The average Bonchev–Trinajstić information content (AvgIpc) is 2.92. The first-order valence-corrected chi connectivity index (χ1v) is 12.2. The van der Waals surface area contributed by atoms with E-state index in [9.17, 15) is 0 Å². The Balaban J connectivity index is 1.71. The van der Waals surface area contributed by atoms with Gasteiger partial charge in [0.1, 0.15) is 0 Å². The van der Waals surface area contributed by atoms with Crippen LogP contribution in [0.25, 0.3) is 65.3 Å². The minimum absolute atomic E-state index is 1.26. The van der Waals surface area contributed by atoms with Crippen LogP contribution in [0.5, 0.6) is 0 Å².